The van der Waals surface area contributed by atoms with Crippen LogP contribution in [0.3, 0.4) is 0 Å². The lowest BCUT2D eigenvalue weighted by atomic mass is 9.47. The second kappa shape index (κ2) is 9.01. The molecule has 4 aliphatic rings. The fourth-order valence-corrected chi connectivity index (χ4v) is 7.46. The lowest BCUT2D eigenvalue weighted by Gasteiger charge is -2.57. The van der Waals surface area contributed by atoms with Gasteiger partial charge in [-0.1, -0.05) is 24.6 Å². The van der Waals surface area contributed by atoms with E-state index in [1.807, 2.05) is 0 Å². The molecule has 3 fully saturated rings. The van der Waals surface area contributed by atoms with Gasteiger partial charge in [0.1, 0.15) is 6.04 Å². The minimum Gasteiger partial charge on any atom is -0.480 e. The lowest BCUT2D eigenvalue weighted by Crippen LogP contribution is -2.51. The number of hydrogen-bond donors (Lipinski definition) is 4. The summed E-state index contributed by atoms with van der Waals surface area (Å²) in [5.41, 5.74) is 2.57. The van der Waals surface area contributed by atoms with Gasteiger partial charge in [-0.3, -0.25) is 4.79 Å². The summed E-state index contributed by atoms with van der Waals surface area (Å²) in [4.78, 5) is 28.1. The number of thiol groups is 1. The maximum Gasteiger partial charge on any atom is 0.327 e. The van der Waals surface area contributed by atoms with Gasteiger partial charge in [0.25, 0.3) is 5.91 Å². The monoisotopic (exact) mass is 464 g/mol. The highest BCUT2D eigenvalue weighted by Crippen LogP contribution is 2.65. The van der Waals surface area contributed by atoms with Crippen LogP contribution in [-0.2, 0) is 14.4 Å². The molecule has 32 heavy (non-hydrogen) atoms. The van der Waals surface area contributed by atoms with Gasteiger partial charge < -0.3 is 20.4 Å². The summed E-state index contributed by atoms with van der Waals surface area (Å²) in [5.74, 6) is 0.365. The topological polar surface area (TPSA) is 108 Å². The van der Waals surface area contributed by atoms with Crippen LogP contribution in [-0.4, -0.2) is 52.3 Å². The van der Waals surface area contributed by atoms with Crippen LogP contribution in [0.2, 0.25) is 0 Å². The average molecular weight is 465 g/mol. The molecule has 0 spiro atoms. The molecule has 7 atom stereocenters. The summed E-state index contributed by atoms with van der Waals surface area (Å²) >= 11 is 3.93. The Morgan fingerprint density at radius 2 is 2.00 bits per heavy atom. The third kappa shape index (κ3) is 4.09. The van der Waals surface area contributed by atoms with Gasteiger partial charge in [0.15, 0.2) is 6.61 Å². The number of rotatable bonds is 6. The number of fused-ring (bicyclic) bond motifs is 5. The fraction of sp³-hybridized carbons (Fsp3) is 0.792. The molecule has 0 heterocycles. The summed E-state index contributed by atoms with van der Waals surface area (Å²) in [6, 6.07) is -1.03. The minimum absolute atomic E-state index is 0.0153. The molecular formula is C24H36N2O5S. The standard InChI is InChI=1S/C24H36N2O5S/c1-23-9-7-15(26-31-12-21(28)25-19(13-32)22(29)30)11-14(23)3-4-16-17-5-6-20(27)24(17,2)10-8-18(16)23/h11,16-20,27,32H,3-10,12-13H2,1-2H3,(H,25,28)(H,29,30). The summed E-state index contributed by atoms with van der Waals surface area (Å²) in [7, 11) is 0. The van der Waals surface area contributed by atoms with E-state index in [9.17, 15) is 14.7 Å². The van der Waals surface area contributed by atoms with Gasteiger partial charge in [-0.25, -0.2) is 4.79 Å². The second-order valence-electron chi connectivity index (χ2n) is 10.6. The van der Waals surface area contributed by atoms with E-state index in [0.717, 1.165) is 44.2 Å². The van der Waals surface area contributed by atoms with Gasteiger partial charge in [-0.2, -0.15) is 12.6 Å². The van der Waals surface area contributed by atoms with E-state index in [-0.39, 0.29) is 29.3 Å². The van der Waals surface area contributed by atoms with Crippen LogP contribution in [0.4, 0.5) is 0 Å². The highest BCUT2D eigenvalue weighted by molar-refractivity contribution is 7.80. The van der Waals surface area contributed by atoms with Crippen LogP contribution in [0.5, 0.6) is 0 Å². The number of carboxylic acids is 1. The van der Waals surface area contributed by atoms with E-state index >= 15 is 0 Å². The summed E-state index contributed by atoms with van der Waals surface area (Å²) in [6.07, 6.45) is 10.5. The molecule has 7 unspecified atom stereocenters. The first-order chi connectivity index (χ1) is 15.2. The number of allylic oxidation sites excluding steroid dienone is 2. The van der Waals surface area contributed by atoms with Crippen LogP contribution in [0, 0.1) is 28.6 Å². The van der Waals surface area contributed by atoms with Crippen molar-refractivity contribution in [3.8, 4) is 0 Å². The number of carbonyl (C=O) groups is 2. The molecule has 3 saturated carbocycles. The van der Waals surface area contributed by atoms with Crippen molar-refractivity contribution < 1.29 is 24.6 Å². The van der Waals surface area contributed by atoms with E-state index in [1.54, 1.807) is 0 Å². The number of nitrogens with one attached hydrogen (secondary N) is 1. The highest BCUT2D eigenvalue weighted by atomic mass is 32.1. The predicted molar refractivity (Wildman–Crippen MR) is 125 cm³/mol. The molecule has 0 saturated heterocycles. The Bertz CT molecular complexity index is 829. The summed E-state index contributed by atoms with van der Waals surface area (Å²) in [6.45, 7) is 4.42. The first-order valence-corrected chi connectivity index (χ1v) is 12.5. The van der Waals surface area contributed by atoms with Crippen LogP contribution < -0.4 is 5.32 Å². The number of aliphatic hydroxyl groups is 1. The Balaban J connectivity index is 1.39. The quantitative estimate of drug-likeness (QED) is 0.357. The van der Waals surface area contributed by atoms with Crippen LogP contribution in [0.1, 0.15) is 65.2 Å². The maximum atomic E-state index is 11.9. The molecule has 0 aromatic carbocycles. The predicted octanol–water partition coefficient (Wildman–Crippen LogP) is 3.18. The third-order valence-corrected chi connectivity index (χ3v) is 9.49. The zero-order valence-electron chi connectivity index (χ0n) is 19.0. The first kappa shape index (κ1) is 23.6. The molecule has 0 aromatic rings. The van der Waals surface area contributed by atoms with Gasteiger partial charge >= 0.3 is 5.97 Å². The number of aliphatic carboxylic acids is 1. The Morgan fingerprint density at radius 3 is 2.72 bits per heavy atom. The lowest BCUT2D eigenvalue weighted by molar-refractivity contribution is -0.141. The smallest absolute Gasteiger partial charge is 0.327 e. The van der Waals surface area contributed by atoms with Gasteiger partial charge in [-0.15, -0.1) is 0 Å². The molecule has 7 nitrogen and oxygen atoms in total. The van der Waals surface area contributed by atoms with E-state index < -0.39 is 17.9 Å². The van der Waals surface area contributed by atoms with Gasteiger partial charge in [-0.05, 0) is 86.0 Å². The zero-order valence-corrected chi connectivity index (χ0v) is 19.9. The average Bonchev–Trinajstić information content (AvgIpc) is 3.06. The molecule has 4 aliphatic carbocycles. The molecule has 0 bridgehead atoms. The number of amides is 1. The number of aliphatic hydroxyl groups excluding tert-OH is 1. The molecule has 4 rings (SSSR count). The van der Waals surface area contributed by atoms with Crippen molar-refractivity contribution in [1.29, 1.82) is 0 Å². The molecule has 8 heteroatoms. The summed E-state index contributed by atoms with van der Waals surface area (Å²) < 4.78 is 0. The van der Waals surface area contributed by atoms with Gasteiger partial charge in [0.2, 0.25) is 0 Å². The zero-order chi connectivity index (χ0) is 23.1. The maximum absolute atomic E-state index is 11.9. The van der Waals surface area contributed by atoms with Crippen molar-refractivity contribution in [3.63, 3.8) is 0 Å². The number of hydrogen-bond acceptors (Lipinski definition) is 6. The Morgan fingerprint density at radius 1 is 1.22 bits per heavy atom. The van der Waals surface area contributed by atoms with Gasteiger partial charge in [0, 0.05) is 5.75 Å². The van der Waals surface area contributed by atoms with Crippen LogP contribution in [0.25, 0.3) is 0 Å². The van der Waals surface area contributed by atoms with E-state index in [2.05, 4.69) is 43.0 Å². The number of oxime groups is 1. The van der Waals surface area contributed by atoms with Crippen molar-refractivity contribution >= 4 is 30.2 Å². The largest absolute Gasteiger partial charge is 0.480 e. The van der Waals surface area contributed by atoms with Crippen molar-refractivity contribution in [2.24, 2.45) is 33.7 Å². The molecule has 0 aromatic heterocycles. The van der Waals surface area contributed by atoms with Crippen LogP contribution >= 0.6 is 12.6 Å². The van der Waals surface area contributed by atoms with Gasteiger partial charge in [0.05, 0.1) is 11.8 Å². The van der Waals surface area contributed by atoms with Crippen molar-refractivity contribution in [1.82, 2.24) is 5.32 Å². The molecule has 0 aliphatic heterocycles. The number of carbonyl (C=O) groups excluding carboxylic acids is 1. The number of nitrogens with zero attached hydrogens (tertiary/aromatic N) is 1. The Hall–Kier alpha value is -1.54. The summed E-state index contributed by atoms with van der Waals surface area (Å²) in [5, 5.41) is 26.2. The second-order valence-corrected chi connectivity index (χ2v) is 11.0. The van der Waals surface area contributed by atoms with Crippen molar-refractivity contribution in [3.05, 3.63) is 11.6 Å². The van der Waals surface area contributed by atoms with E-state index in [1.165, 1.54) is 18.4 Å². The molecule has 0 radical (unpaired) electrons. The SMILES string of the molecule is CC12CCC(=NOCC(=O)NC(CS)C(=O)O)C=C1CCC1C2CCC2(C)C(O)CCC12. The normalized spacial score (nSPS) is 40.5. The number of carboxylic acid groups (broad SMARTS) is 1. The van der Waals surface area contributed by atoms with Crippen molar-refractivity contribution in [2.45, 2.75) is 77.4 Å². The van der Waals surface area contributed by atoms with Crippen LogP contribution in [0.15, 0.2) is 16.8 Å². The molecule has 3 N–H and O–H groups in total. The first-order valence-electron chi connectivity index (χ1n) is 11.9. The van der Waals surface area contributed by atoms with E-state index in [4.69, 9.17) is 9.94 Å². The molecule has 1 amide bonds. The Kier molecular flexibility index (Phi) is 6.65. The fourth-order valence-electron chi connectivity index (χ4n) is 7.21. The minimum atomic E-state index is -1.12. The molecule has 178 valence electrons. The van der Waals surface area contributed by atoms with Crippen molar-refractivity contribution in [2.75, 3.05) is 12.4 Å². The third-order valence-electron chi connectivity index (χ3n) is 9.12. The highest BCUT2D eigenvalue weighted by Gasteiger charge is 2.58. The molecular weight excluding hydrogens is 428 g/mol. The van der Waals surface area contributed by atoms with E-state index in [0.29, 0.717) is 17.8 Å². The Labute approximate surface area is 195 Å².